The van der Waals surface area contributed by atoms with Crippen LogP contribution in [0.3, 0.4) is 0 Å². The number of primary sulfonamides is 1. The summed E-state index contributed by atoms with van der Waals surface area (Å²) in [7, 11) is -2.62. The first-order valence-electron chi connectivity index (χ1n) is 8.06. The number of aryl methyl sites for hydroxylation is 1. The number of methoxy groups -OCH3 is 1. The molecule has 0 heterocycles. The van der Waals surface area contributed by atoms with Crippen molar-refractivity contribution in [3.05, 3.63) is 48.0 Å². The zero-order chi connectivity index (χ0) is 19.2. The lowest BCUT2D eigenvalue weighted by atomic mass is 10.1. The lowest BCUT2D eigenvalue weighted by Crippen LogP contribution is -2.16. The zero-order valence-corrected chi connectivity index (χ0v) is 15.5. The van der Waals surface area contributed by atoms with Gasteiger partial charge in [0.2, 0.25) is 15.9 Å². The fourth-order valence-corrected chi connectivity index (χ4v) is 3.18. The van der Waals surface area contributed by atoms with Gasteiger partial charge in [-0.05, 0) is 43.2 Å². The van der Waals surface area contributed by atoms with Crippen LogP contribution in [0.2, 0.25) is 0 Å². The molecule has 0 radical (unpaired) electrons. The van der Waals surface area contributed by atoms with Gasteiger partial charge in [0.1, 0.15) is 16.4 Å². The molecule has 0 aliphatic carbocycles. The average Bonchev–Trinajstić information content (AvgIpc) is 2.60. The minimum Gasteiger partial charge on any atom is -0.495 e. The van der Waals surface area contributed by atoms with Gasteiger partial charge in [0.25, 0.3) is 0 Å². The second-order valence-corrected chi connectivity index (χ2v) is 7.03. The molecule has 0 aromatic heterocycles. The molecule has 7 nitrogen and oxygen atoms in total. The Bertz CT molecular complexity index is 881. The van der Waals surface area contributed by atoms with Gasteiger partial charge in [-0.1, -0.05) is 18.2 Å². The third-order valence-corrected chi connectivity index (χ3v) is 4.58. The predicted octanol–water partition coefficient (Wildman–Crippen LogP) is 2.31. The number of sulfonamides is 1. The van der Waals surface area contributed by atoms with Crippen molar-refractivity contribution in [3.8, 4) is 11.5 Å². The van der Waals surface area contributed by atoms with Crippen molar-refractivity contribution in [2.45, 2.75) is 24.7 Å². The number of carbonyl (C=O) groups excluding carboxylic acids is 1. The zero-order valence-electron chi connectivity index (χ0n) is 14.7. The van der Waals surface area contributed by atoms with E-state index >= 15 is 0 Å². The molecule has 8 heteroatoms. The molecule has 140 valence electrons. The van der Waals surface area contributed by atoms with Crippen LogP contribution in [0, 0.1) is 0 Å². The van der Waals surface area contributed by atoms with Crippen LogP contribution in [0.4, 0.5) is 5.69 Å². The van der Waals surface area contributed by atoms with E-state index in [-0.39, 0.29) is 23.0 Å². The van der Waals surface area contributed by atoms with Gasteiger partial charge in [0.15, 0.2) is 0 Å². The molecule has 2 aromatic carbocycles. The predicted molar refractivity (Wildman–Crippen MR) is 98.9 cm³/mol. The minimum absolute atomic E-state index is 0.121. The summed E-state index contributed by atoms with van der Waals surface area (Å²) in [6.07, 6.45) is 0.723. The highest BCUT2D eigenvalue weighted by Crippen LogP contribution is 2.26. The van der Waals surface area contributed by atoms with E-state index in [1.54, 1.807) is 6.07 Å². The molecule has 0 saturated heterocycles. The number of hydrogen-bond donors (Lipinski definition) is 2. The Morgan fingerprint density at radius 2 is 1.88 bits per heavy atom. The quantitative estimate of drug-likeness (QED) is 0.733. The van der Waals surface area contributed by atoms with Gasteiger partial charge in [-0.2, -0.15) is 0 Å². The van der Waals surface area contributed by atoms with Crippen LogP contribution in [0.15, 0.2) is 47.4 Å². The first-order chi connectivity index (χ1) is 12.3. The molecule has 0 unspecified atom stereocenters. The van der Waals surface area contributed by atoms with E-state index in [0.29, 0.717) is 18.7 Å². The van der Waals surface area contributed by atoms with Crippen LogP contribution in [0.1, 0.15) is 18.9 Å². The van der Waals surface area contributed by atoms with Crippen molar-refractivity contribution in [2.75, 3.05) is 19.0 Å². The minimum atomic E-state index is -3.96. The highest BCUT2D eigenvalue weighted by Gasteiger charge is 2.16. The number of rotatable bonds is 8. The van der Waals surface area contributed by atoms with Crippen LogP contribution in [0.25, 0.3) is 0 Å². The third kappa shape index (κ3) is 5.21. The molecule has 1 amide bonds. The number of anilines is 1. The molecule has 2 rings (SSSR count). The summed E-state index contributed by atoms with van der Waals surface area (Å²) in [5.74, 6) is 0.627. The molecule has 0 spiro atoms. The highest BCUT2D eigenvalue weighted by atomic mass is 32.2. The second kappa shape index (κ2) is 8.68. The summed E-state index contributed by atoms with van der Waals surface area (Å²) >= 11 is 0. The van der Waals surface area contributed by atoms with E-state index < -0.39 is 10.0 Å². The Morgan fingerprint density at radius 3 is 2.54 bits per heavy atom. The molecule has 0 aliphatic heterocycles. The van der Waals surface area contributed by atoms with Crippen LogP contribution >= 0.6 is 0 Å². The molecule has 26 heavy (non-hydrogen) atoms. The molecule has 0 atom stereocenters. The Kier molecular flexibility index (Phi) is 6.59. The first kappa shape index (κ1) is 19.7. The average molecular weight is 378 g/mol. The molecular formula is C18H22N2O5S. The number of benzene rings is 2. The summed E-state index contributed by atoms with van der Waals surface area (Å²) in [5, 5.41) is 7.85. The van der Waals surface area contributed by atoms with Crippen LogP contribution in [-0.4, -0.2) is 28.0 Å². The summed E-state index contributed by atoms with van der Waals surface area (Å²) in [5.41, 5.74) is 1.27. The molecule has 0 aliphatic rings. The molecule has 0 fully saturated rings. The van der Waals surface area contributed by atoms with Crippen LogP contribution in [0.5, 0.6) is 11.5 Å². The van der Waals surface area contributed by atoms with E-state index in [2.05, 4.69) is 5.32 Å². The summed E-state index contributed by atoms with van der Waals surface area (Å²) in [6.45, 7) is 2.45. The molecular weight excluding hydrogens is 356 g/mol. The number of carbonyl (C=O) groups is 1. The lowest BCUT2D eigenvalue weighted by Gasteiger charge is -2.11. The Balaban J connectivity index is 2.07. The molecule has 0 saturated carbocycles. The number of para-hydroxylation sites is 1. The van der Waals surface area contributed by atoms with Gasteiger partial charge in [0, 0.05) is 12.1 Å². The van der Waals surface area contributed by atoms with Crippen molar-refractivity contribution in [1.29, 1.82) is 0 Å². The standard InChI is InChI=1S/C18H22N2O5S/c1-3-25-15-7-5-4-6-13(15)8-11-18(21)20-14-9-10-16(24-2)17(12-14)26(19,22)23/h4-7,9-10,12H,3,8,11H2,1-2H3,(H,20,21)(H2,19,22,23). The van der Waals surface area contributed by atoms with Crippen molar-refractivity contribution < 1.29 is 22.7 Å². The molecule has 2 aromatic rings. The highest BCUT2D eigenvalue weighted by molar-refractivity contribution is 7.89. The molecule has 0 bridgehead atoms. The summed E-state index contributed by atoms with van der Waals surface area (Å²) in [4.78, 5) is 12.0. The maximum absolute atomic E-state index is 12.2. The van der Waals surface area contributed by atoms with Gasteiger partial charge >= 0.3 is 0 Å². The monoisotopic (exact) mass is 378 g/mol. The SMILES string of the molecule is CCOc1ccccc1CCC(=O)Nc1ccc(OC)c(S(N)(=O)=O)c1. The maximum Gasteiger partial charge on any atom is 0.241 e. The second-order valence-electron chi connectivity index (χ2n) is 5.50. The molecule has 3 N–H and O–H groups in total. The van der Waals surface area contributed by atoms with Crippen LogP contribution in [-0.2, 0) is 21.2 Å². The number of amides is 1. The first-order valence-corrected chi connectivity index (χ1v) is 9.61. The van der Waals surface area contributed by atoms with Crippen LogP contribution < -0.4 is 19.9 Å². The van der Waals surface area contributed by atoms with E-state index in [0.717, 1.165) is 11.3 Å². The number of nitrogens with two attached hydrogens (primary N) is 1. The van der Waals surface area contributed by atoms with E-state index in [1.807, 2.05) is 31.2 Å². The van der Waals surface area contributed by atoms with E-state index in [4.69, 9.17) is 14.6 Å². The fourth-order valence-electron chi connectivity index (χ4n) is 2.46. The van der Waals surface area contributed by atoms with Gasteiger partial charge in [-0.3, -0.25) is 4.79 Å². The fraction of sp³-hybridized carbons (Fsp3) is 0.278. The smallest absolute Gasteiger partial charge is 0.241 e. The third-order valence-electron chi connectivity index (χ3n) is 3.65. The summed E-state index contributed by atoms with van der Waals surface area (Å²) in [6, 6.07) is 11.8. The topological polar surface area (TPSA) is 108 Å². The van der Waals surface area contributed by atoms with E-state index in [1.165, 1.54) is 19.2 Å². The number of nitrogens with one attached hydrogen (secondary N) is 1. The van der Waals surface area contributed by atoms with Gasteiger partial charge in [0.05, 0.1) is 13.7 Å². The van der Waals surface area contributed by atoms with Gasteiger partial charge < -0.3 is 14.8 Å². The van der Waals surface area contributed by atoms with Gasteiger partial charge in [-0.25, -0.2) is 13.6 Å². The largest absolute Gasteiger partial charge is 0.495 e. The van der Waals surface area contributed by atoms with Crippen molar-refractivity contribution in [3.63, 3.8) is 0 Å². The van der Waals surface area contributed by atoms with Crippen molar-refractivity contribution in [2.24, 2.45) is 5.14 Å². The number of ether oxygens (including phenoxy) is 2. The van der Waals surface area contributed by atoms with Crippen molar-refractivity contribution in [1.82, 2.24) is 0 Å². The Labute approximate surface area is 153 Å². The Hall–Kier alpha value is -2.58. The lowest BCUT2D eigenvalue weighted by molar-refractivity contribution is -0.116. The van der Waals surface area contributed by atoms with Gasteiger partial charge in [-0.15, -0.1) is 0 Å². The maximum atomic E-state index is 12.2. The Morgan fingerprint density at radius 1 is 1.15 bits per heavy atom. The number of hydrogen-bond acceptors (Lipinski definition) is 5. The summed E-state index contributed by atoms with van der Waals surface area (Å²) < 4.78 is 33.8. The normalized spacial score (nSPS) is 11.0. The van der Waals surface area contributed by atoms with Crippen molar-refractivity contribution >= 4 is 21.6 Å². The van der Waals surface area contributed by atoms with E-state index in [9.17, 15) is 13.2 Å².